The van der Waals surface area contributed by atoms with Crippen LogP contribution in [0.1, 0.15) is 12.8 Å². The summed E-state index contributed by atoms with van der Waals surface area (Å²) in [5.41, 5.74) is 0. The normalized spacial score (nSPS) is 24.0. The molecule has 1 saturated heterocycles. The van der Waals surface area contributed by atoms with E-state index in [1.54, 1.807) is 7.11 Å². The Morgan fingerprint density at radius 1 is 1.00 bits per heavy atom. The molecule has 102 valence electrons. The van der Waals surface area contributed by atoms with E-state index in [0.717, 1.165) is 11.2 Å². The van der Waals surface area contributed by atoms with Crippen LogP contribution in [0.15, 0.2) is 0 Å². The Labute approximate surface area is 90.0 Å². The van der Waals surface area contributed by atoms with Crippen molar-refractivity contribution >= 4 is 7.81 Å². The maximum absolute atomic E-state index is 10.7. The van der Waals surface area contributed by atoms with Gasteiger partial charge in [0, 0.05) is 20.0 Å². The monoisotopic (exact) mass is 275 g/mol. The predicted molar refractivity (Wildman–Crippen MR) is 50.6 cm³/mol. The third-order valence-corrected chi connectivity index (χ3v) is 2.09. The zero-order valence-corrected chi connectivity index (χ0v) is 10.0. The summed E-state index contributed by atoms with van der Waals surface area (Å²) in [6.07, 6.45) is 2.75. The van der Waals surface area contributed by atoms with Crippen molar-refractivity contribution in [2.75, 3.05) is 34.0 Å². The van der Waals surface area contributed by atoms with Crippen LogP contribution in [0.25, 0.3) is 0 Å². The van der Waals surface area contributed by atoms with Gasteiger partial charge in [0.05, 0.1) is 20.1 Å². The van der Waals surface area contributed by atoms with Crippen LogP contribution in [0, 0.1) is 0 Å². The number of hydrogen-bond acceptors (Lipinski definition) is 1. The molecule has 0 aromatic carbocycles. The molecule has 0 aromatic rings. The van der Waals surface area contributed by atoms with Gasteiger partial charge in [-0.3, -0.25) is 0 Å². The number of hydrogen-bond donors (Lipinski definition) is 0. The molecule has 1 aliphatic rings. The van der Waals surface area contributed by atoms with Gasteiger partial charge in [0.2, 0.25) is 0 Å². The molecule has 1 rings (SSSR count). The van der Waals surface area contributed by atoms with Crippen LogP contribution in [-0.2, 0) is 4.74 Å². The number of quaternary nitrogens is 1. The zero-order valence-electron chi connectivity index (χ0n) is 9.11. The van der Waals surface area contributed by atoms with Gasteiger partial charge >= 0.3 is 33.0 Å². The molecule has 2 nitrogen and oxygen atoms in total. The van der Waals surface area contributed by atoms with E-state index in [-0.39, 0.29) is 0 Å². The number of rotatable bonds is 2. The number of likely N-dealkylation sites (tertiary alicyclic amines) is 1. The van der Waals surface area contributed by atoms with Crippen molar-refractivity contribution in [3.63, 3.8) is 0 Å². The maximum atomic E-state index is 9.87. The van der Waals surface area contributed by atoms with Crippen LogP contribution in [0.2, 0.25) is 0 Å². The second-order valence-corrected chi connectivity index (χ2v) is 6.07. The van der Waals surface area contributed by atoms with Crippen LogP contribution >= 0.6 is 7.81 Å². The molecular formula is C7H16F6NOP. The molecule has 0 spiro atoms. The van der Waals surface area contributed by atoms with E-state index in [1.165, 1.54) is 25.9 Å². The summed E-state index contributed by atoms with van der Waals surface area (Å²) in [5.74, 6) is 0. The Morgan fingerprint density at radius 3 is 1.56 bits per heavy atom. The van der Waals surface area contributed by atoms with Gasteiger partial charge in [0.1, 0.15) is 0 Å². The average molecular weight is 275 g/mol. The Morgan fingerprint density at radius 2 is 1.31 bits per heavy atom. The molecule has 0 aromatic heterocycles. The van der Waals surface area contributed by atoms with Crippen LogP contribution < -0.4 is 0 Å². The number of methoxy groups -OCH3 is 1. The van der Waals surface area contributed by atoms with E-state index in [2.05, 4.69) is 7.05 Å². The van der Waals surface area contributed by atoms with Crippen molar-refractivity contribution in [3.8, 4) is 0 Å². The molecule has 0 aliphatic carbocycles. The first-order valence-electron chi connectivity index (χ1n) is 4.61. The molecule has 0 amide bonds. The first-order chi connectivity index (χ1) is 6.72. The summed E-state index contributed by atoms with van der Waals surface area (Å²) < 4.78 is 65.4. The van der Waals surface area contributed by atoms with Crippen molar-refractivity contribution in [2.24, 2.45) is 0 Å². The number of ether oxygens (including phenoxy) is 1. The van der Waals surface area contributed by atoms with Gasteiger partial charge in [-0.2, -0.15) is 0 Å². The Bertz CT molecular complexity index is 219. The van der Waals surface area contributed by atoms with Gasteiger partial charge < -0.3 is 9.22 Å². The van der Waals surface area contributed by atoms with Crippen molar-refractivity contribution < 1.29 is 34.4 Å². The summed E-state index contributed by atoms with van der Waals surface area (Å²) in [4.78, 5) is 0. The number of nitrogens with zero attached hydrogens (tertiary/aromatic N) is 1. The minimum atomic E-state index is -10.7. The van der Waals surface area contributed by atoms with Crippen LogP contribution in [0.4, 0.5) is 25.2 Å². The van der Waals surface area contributed by atoms with Crippen molar-refractivity contribution in [1.29, 1.82) is 0 Å². The average Bonchev–Trinajstić information content (AvgIpc) is 2.29. The molecule has 0 atom stereocenters. The van der Waals surface area contributed by atoms with Crippen LogP contribution in [0.3, 0.4) is 0 Å². The van der Waals surface area contributed by atoms with E-state index in [0.29, 0.717) is 0 Å². The second-order valence-electron chi connectivity index (χ2n) is 4.15. The van der Waals surface area contributed by atoms with Crippen LogP contribution in [0.5, 0.6) is 0 Å². The Kier molecular flexibility index (Phi) is 3.98. The summed E-state index contributed by atoms with van der Waals surface area (Å²) in [6.45, 7) is 3.49. The fourth-order valence-corrected chi connectivity index (χ4v) is 1.54. The van der Waals surface area contributed by atoms with Crippen molar-refractivity contribution in [3.05, 3.63) is 0 Å². The first-order valence-corrected chi connectivity index (χ1v) is 6.64. The molecule has 1 heterocycles. The SMILES string of the molecule is COC[N+]1(C)CCCC1.F[P-](F)(F)(F)(F)F. The van der Waals surface area contributed by atoms with Gasteiger partial charge in [-0.15, -0.1) is 0 Å². The van der Waals surface area contributed by atoms with Crippen molar-refractivity contribution in [2.45, 2.75) is 12.8 Å². The second kappa shape index (κ2) is 3.99. The minimum absolute atomic E-state index is 0.889. The van der Waals surface area contributed by atoms with Gasteiger partial charge in [-0.05, 0) is 0 Å². The fourth-order valence-electron chi connectivity index (χ4n) is 1.54. The van der Waals surface area contributed by atoms with Gasteiger partial charge in [-0.25, -0.2) is 0 Å². The zero-order chi connectivity index (χ0) is 13.2. The molecule has 0 unspecified atom stereocenters. The summed E-state index contributed by atoms with van der Waals surface area (Å²) in [5, 5.41) is 0. The molecule has 1 fully saturated rings. The molecule has 1 aliphatic heterocycles. The standard InChI is InChI=1S/C7H16NO.F6P/c1-8(7-9-2)5-3-4-6-8;1-7(2,3,4,5)6/h3-7H2,1-2H3;/q+1;-1. The molecule has 9 heteroatoms. The van der Waals surface area contributed by atoms with E-state index < -0.39 is 7.81 Å². The molecule has 0 radical (unpaired) electrons. The topological polar surface area (TPSA) is 9.23 Å². The van der Waals surface area contributed by atoms with E-state index in [4.69, 9.17) is 4.74 Å². The van der Waals surface area contributed by atoms with Crippen molar-refractivity contribution in [1.82, 2.24) is 0 Å². The summed E-state index contributed by atoms with van der Waals surface area (Å²) >= 11 is 0. The molecule has 0 bridgehead atoms. The van der Waals surface area contributed by atoms with E-state index >= 15 is 0 Å². The third-order valence-electron chi connectivity index (χ3n) is 2.09. The predicted octanol–water partition coefficient (Wildman–Crippen LogP) is 4.21. The summed E-state index contributed by atoms with van der Waals surface area (Å²) in [7, 11) is -6.62. The van der Waals surface area contributed by atoms with Crippen LogP contribution in [-0.4, -0.2) is 38.5 Å². The Balaban J connectivity index is 0.000000293. The third kappa shape index (κ3) is 13.9. The van der Waals surface area contributed by atoms with E-state index in [9.17, 15) is 25.2 Å². The molecule has 0 N–H and O–H groups in total. The van der Waals surface area contributed by atoms with Gasteiger partial charge in [0.25, 0.3) is 0 Å². The number of halogens is 6. The molecule has 0 saturated carbocycles. The van der Waals surface area contributed by atoms with Gasteiger partial charge in [-0.1, -0.05) is 0 Å². The van der Waals surface area contributed by atoms with E-state index in [1.807, 2.05) is 0 Å². The van der Waals surface area contributed by atoms with Gasteiger partial charge in [0.15, 0.2) is 6.73 Å². The summed E-state index contributed by atoms with van der Waals surface area (Å²) in [6, 6.07) is 0. The Hall–Kier alpha value is -0.0700. The molecular weight excluding hydrogens is 259 g/mol. The quantitative estimate of drug-likeness (QED) is 0.416. The first kappa shape index (κ1) is 15.9. The fraction of sp³-hybridized carbons (Fsp3) is 1.00. The molecule has 16 heavy (non-hydrogen) atoms.